The first-order chi connectivity index (χ1) is 18.9. The largest absolute Gasteiger partial charge is 0.376 e. The predicted octanol–water partition coefficient (Wildman–Crippen LogP) is 3.06. The van der Waals surface area contributed by atoms with Crippen LogP contribution in [0.4, 0.5) is 10.8 Å². The molecule has 3 atom stereocenters. The summed E-state index contributed by atoms with van der Waals surface area (Å²) in [4.78, 5) is 18.7. The minimum absolute atomic E-state index is 0.0455. The Hall–Kier alpha value is -4.01. The molecular formula is C28H28N8O2S. The van der Waals surface area contributed by atoms with Gasteiger partial charge in [0.25, 0.3) is 0 Å². The van der Waals surface area contributed by atoms with E-state index in [4.69, 9.17) is 16.1 Å². The minimum Gasteiger partial charge on any atom is -0.376 e. The van der Waals surface area contributed by atoms with Gasteiger partial charge in [0, 0.05) is 43.5 Å². The van der Waals surface area contributed by atoms with Gasteiger partial charge in [0.15, 0.2) is 5.01 Å². The van der Waals surface area contributed by atoms with Gasteiger partial charge in [0.05, 0.1) is 47.4 Å². The van der Waals surface area contributed by atoms with Gasteiger partial charge in [-0.1, -0.05) is 17.3 Å². The predicted molar refractivity (Wildman–Crippen MR) is 150 cm³/mol. The second-order valence-electron chi connectivity index (χ2n) is 11.0. The van der Waals surface area contributed by atoms with Crippen molar-refractivity contribution in [3.05, 3.63) is 42.2 Å². The Labute approximate surface area is 229 Å². The standard InChI is InChI=1S/C28H28N8O2S/c1-4-17-7-20-5-6-24(36(20)30-10-17)23-9-22(32-28(3)14-38-15-28)21(11-29-23)26-33-34-27(39-26)35-12-18-8-19(13-35)25(18)31-16(2)37/h1,5-7,9-11,18-19,25H,8,12-15H2,2-3H3,(H,29,32)(H,31,37)/t18-,19+,25?. The van der Waals surface area contributed by atoms with Gasteiger partial charge in [0.1, 0.15) is 0 Å². The molecule has 2 N–H and O–H groups in total. The van der Waals surface area contributed by atoms with Crippen molar-refractivity contribution in [3.63, 3.8) is 0 Å². The lowest BCUT2D eigenvalue weighted by Gasteiger charge is -2.53. The van der Waals surface area contributed by atoms with Crippen LogP contribution in [0.5, 0.6) is 0 Å². The first-order valence-electron chi connectivity index (χ1n) is 13.1. The molecule has 3 saturated heterocycles. The Balaban J connectivity index is 1.20. The number of hydrogen-bond donors (Lipinski definition) is 2. The molecule has 2 bridgehead atoms. The molecule has 4 aliphatic rings. The quantitative estimate of drug-likeness (QED) is 0.359. The summed E-state index contributed by atoms with van der Waals surface area (Å²) in [7, 11) is 0. The van der Waals surface area contributed by atoms with Gasteiger partial charge in [0.2, 0.25) is 11.0 Å². The average molecular weight is 541 g/mol. The van der Waals surface area contributed by atoms with E-state index in [1.807, 2.05) is 35.0 Å². The van der Waals surface area contributed by atoms with Gasteiger partial charge in [-0.05, 0) is 49.4 Å². The third kappa shape index (κ3) is 4.20. The van der Waals surface area contributed by atoms with Crippen LogP contribution < -0.4 is 15.5 Å². The molecule has 8 rings (SSSR count). The maximum Gasteiger partial charge on any atom is 0.217 e. The Kier molecular flexibility index (Phi) is 5.57. The van der Waals surface area contributed by atoms with Gasteiger partial charge >= 0.3 is 0 Å². The molecule has 0 radical (unpaired) electrons. The monoisotopic (exact) mass is 540 g/mol. The lowest BCUT2D eigenvalue weighted by atomic mass is 9.66. The van der Waals surface area contributed by atoms with Gasteiger partial charge in [-0.2, -0.15) is 5.10 Å². The van der Waals surface area contributed by atoms with Crippen LogP contribution in [-0.4, -0.2) is 68.6 Å². The molecule has 4 fully saturated rings. The third-order valence-electron chi connectivity index (χ3n) is 7.93. The Morgan fingerprint density at radius 1 is 1.21 bits per heavy atom. The Morgan fingerprint density at radius 2 is 2.03 bits per heavy atom. The number of anilines is 2. The highest BCUT2D eigenvalue weighted by Gasteiger charge is 2.47. The number of nitrogens with one attached hydrogen (secondary N) is 2. The highest BCUT2D eigenvalue weighted by molar-refractivity contribution is 7.18. The van der Waals surface area contributed by atoms with E-state index in [2.05, 4.69) is 43.7 Å². The number of carbonyl (C=O) groups excluding carboxylic acids is 1. The number of fused-ring (bicyclic) bond motifs is 3. The number of carbonyl (C=O) groups is 1. The Bertz CT molecular complexity index is 1620. The normalized spacial score (nSPS) is 23.0. The highest BCUT2D eigenvalue weighted by atomic mass is 32.1. The van der Waals surface area contributed by atoms with E-state index in [1.165, 1.54) is 0 Å². The van der Waals surface area contributed by atoms with E-state index in [-0.39, 0.29) is 17.5 Å². The average Bonchev–Trinajstić information content (AvgIpc) is 3.58. The molecule has 1 amide bonds. The van der Waals surface area contributed by atoms with E-state index in [1.54, 1.807) is 24.5 Å². The molecule has 4 aromatic heterocycles. The summed E-state index contributed by atoms with van der Waals surface area (Å²) in [6.45, 7) is 6.75. The summed E-state index contributed by atoms with van der Waals surface area (Å²) in [6.07, 6.45) is 10.2. The molecule has 4 aromatic rings. The number of nitrogens with zero attached hydrogens (tertiary/aromatic N) is 6. The van der Waals surface area contributed by atoms with Crippen LogP contribution in [0, 0.1) is 24.2 Å². The number of terminal acetylenes is 1. The van der Waals surface area contributed by atoms with E-state index < -0.39 is 0 Å². The molecule has 3 aliphatic heterocycles. The van der Waals surface area contributed by atoms with Crippen molar-refractivity contribution in [3.8, 4) is 34.3 Å². The third-order valence-corrected chi connectivity index (χ3v) is 8.94. The van der Waals surface area contributed by atoms with Crippen molar-refractivity contribution in [2.24, 2.45) is 11.8 Å². The van der Waals surface area contributed by atoms with Crippen molar-refractivity contribution in [1.82, 2.24) is 30.1 Å². The van der Waals surface area contributed by atoms with Crippen molar-refractivity contribution in [1.29, 1.82) is 0 Å². The highest BCUT2D eigenvalue weighted by Crippen LogP contribution is 2.44. The number of amides is 1. The number of rotatable bonds is 6. The maximum atomic E-state index is 11.6. The number of hydrogen-bond acceptors (Lipinski definition) is 9. The molecule has 1 saturated carbocycles. The molecule has 11 heteroatoms. The maximum absolute atomic E-state index is 11.6. The SMILES string of the molecule is C#Cc1cnn2c(-c3cc(NC4(C)COC4)c(-c4nnc(N5C[C@H]6C[C@@H](C5)C6NC(C)=O)s4)cn3)ccc2c1. The van der Waals surface area contributed by atoms with Crippen LogP contribution in [0.1, 0.15) is 25.8 Å². The topological polar surface area (TPSA) is 110 Å². The molecule has 1 unspecified atom stereocenters. The van der Waals surface area contributed by atoms with E-state index in [9.17, 15) is 4.79 Å². The first kappa shape index (κ1) is 24.1. The second-order valence-corrected chi connectivity index (χ2v) is 12.0. The molecule has 1 aliphatic carbocycles. The van der Waals surface area contributed by atoms with E-state index >= 15 is 0 Å². The zero-order valence-electron chi connectivity index (χ0n) is 21.7. The van der Waals surface area contributed by atoms with Crippen LogP contribution in [0.2, 0.25) is 0 Å². The van der Waals surface area contributed by atoms with Gasteiger partial charge < -0.3 is 20.3 Å². The first-order valence-corrected chi connectivity index (χ1v) is 13.9. The van der Waals surface area contributed by atoms with Gasteiger partial charge in [-0.25, -0.2) is 4.52 Å². The Morgan fingerprint density at radius 3 is 2.74 bits per heavy atom. The van der Waals surface area contributed by atoms with Crippen molar-refractivity contribution < 1.29 is 9.53 Å². The summed E-state index contributed by atoms with van der Waals surface area (Å²) in [5.41, 5.74) is 4.96. The van der Waals surface area contributed by atoms with Crippen LogP contribution in [0.15, 0.2) is 36.7 Å². The molecule has 0 spiro atoms. The summed E-state index contributed by atoms with van der Waals surface area (Å²) >= 11 is 1.57. The molecule has 39 heavy (non-hydrogen) atoms. The van der Waals surface area contributed by atoms with Crippen LogP contribution in [0.3, 0.4) is 0 Å². The number of piperidine rings is 2. The van der Waals surface area contributed by atoms with Crippen LogP contribution in [-0.2, 0) is 9.53 Å². The van der Waals surface area contributed by atoms with E-state index in [0.717, 1.165) is 63.4 Å². The van der Waals surface area contributed by atoms with Crippen LogP contribution >= 0.6 is 11.3 Å². The fraction of sp³-hybridized carbons (Fsp3) is 0.393. The zero-order valence-corrected chi connectivity index (χ0v) is 22.5. The molecule has 7 heterocycles. The van der Waals surface area contributed by atoms with Crippen LogP contribution in [0.25, 0.3) is 27.5 Å². The number of pyridine rings is 1. The molecular weight excluding hydrogens is 512 g/mol. The summed E-state index contributed by atoms with van der Waals surface area (Å²) in [5.74, 6) is 3.60. The number of ether oxygens (including phenoxy) is 1. The fourth-order valence-corrected chi connectivity index (χ4v) is 6.80. The molecule has 198 valence electrons. The summed E-state index contributed by atoms with van der Waals surface area (Å²) in [5, 5.41) is 22.2. The van der Waals surface area contributed by atoms with Gasteiger partial charge in [-0.3, -0.25) is 9.78 Å². The van der Waals surface area contributed by atoms with E-state index in [0.29, 0.717) is 25.0 Å². The summed E-state index contributed by atoms with van der Waals surface area (Å²) in [6, 6.07) is 8.25. The minimum atomic E-state index is -0.172. The zero-order chi connectivity index (χ0) is 26.7. The van der Waals surface area contributed by atoms with Crippen molar-refractivity contribution in [2.75, 3.05) is 36.5 Å². The molecule has 0 aromatic carbocycles. The smallest absolute Gasteiger partial charge is 0.217 e. The van der Waals surface area contributed by atoms with Gasteiger partial charge in [-0.15, -0.1) is 16.6 Å². The lowest BCUT2D eigenvalue weighted by Crippen LogP contribution is -2.64. The molecule has 10 nitrogen and oxygen atoms in total. The lowest BCUT2D eigenvalue weighted by molar-refractivity contribution is -0.122. The second kappa shape index (κ2) is 9.03. The summed E-state index contributed by atoms with van der Waals surface area (Å²) < 4.78 is 7.35. The fourth-order valence-electron chi connectivity index (χ4n) is 5.91. The van der Waals surface area contributed by atoms with Crippen molar-refractivity contribution >= 4 is 33.6 Å². The van der Waals surface area contributed by atoms with Crippen molar-refractivity contribution in [2.45, 2.75) is 31.8 Å². The number of aromatic nitrogens is 5.